The predicted octanol–water partition coefficient (Wildman–Crippen LogP) is 2.99. The number of hydrogen-bond donors (Lipinski definition) is 1. The molecule has 0 aliphatic carbocycles. The highest BCUT2D eigenvalue weighted by molar-refractivity contribution is 5.99. The zero-order valence-electron chi connectivity index (χ0n) is 13.4. The van der Waals surface area contributed by atoms with Crippen LogP contribution in [-0.4, -0.2) is 34.8 Å². The van der Waals surface area contributed by atoms with Gasteiger partial charge in [-0.25, -0.2) is 13.2 Å². The van der Waals surface area contributed by atoms with Crippen LogP contribution >= 0.6 is 0 Å². The smallest absolute Gasteiger partial charge is 0.254 e. The summed E-state index contributed by atoms with van der Waals surface area (Å²) < 4.78 is 39.7. The molecule has 1 N–H and O–H groups in total. The fraction of sp³-hybridized carbons (Fsp3) is 0.235. The number of nitrogens with zero attached hydrogens (tertiary/aromatic N) is 2. The highest BCUT2D eigenvalue weighted by Crippen LogP contribution is 2.19. The molecule has 0 spiro atoms. The van der Waals surface area contributed by atoms with Crippen molar-refractivity contribution in [2.24, 2.45) is 0 Å². The molecule has 1 heterocycles. The molecule has 25 heavy (non-hydrogen) atoms. The van der Waals surface area contributed by atoms with E-state index in [1.54, 1.807) is 0 Å². The SMILES string of the molecule is CCCN(CC(=O)Nc1ccc(F)c(F)c1F)C(=O)c1ccncc1. The molecule has 0 radical (unpaired) electrons. The quantitative estimate of drug-likeness (QED) is 0.814. The third-order valence-electron chi connectivity index (χ3n) is 3.35. The maximum absolute atomic E-state index is 13.6. The first-order valence-corrected chi connectivity index (χ1v) is 7.56. The van der Waals surface area contributed by atoms with Crippen molar-refractivity contribution in [3.8, 4) is 0 Å². The Morgan fingerprint density at radius 2 is 1.76 bits per heavy atom. The van der Waals surface area contributed by atoms with Gasteiger partial charge in [-0.2, -0.15) is 0 Å². The summed E-state index contributed by atoms with van der Waals surface area (Å²) in [7, 11) is 0. The van der Waals surface area contributed by atoms with E-state index in [-0.39, 0.29) is 12.5 Å². The number of carbonyl (C=O) groups excluding carboxylic acids is 2. The van der Waals surface area contributed by atoms with E-state index in [0.29, 0.717) is 24.6 Å². The van der Waals surface area contributed by atoms with Gasteiger partial charge in [0.05, 0.1) is 5.69 Å². The van der Waals surface area contributed by atoms with E-state index in [4.69, 9.17) is 0 Å². The van der Waals surface area contributed by atoms with Gasteiger partial charge >= 0.3 is 0 Å². The summed E-state index contributed by atoms with van der Waals surface area (Å²) in [5.41, 5.74) is -0.132. The van der Waals surface area contributed by atoms with E-state index in [0.717, 1.165) is 6.07 Å². The van der Waals surface area contributed by atoms with Gasteiger partial charge in [0, 0.05) is 24.5 Å². The second kappa shape index (κ2) is 8.27. The minimum Gasteiger partial charge on any atom is -0.329 e. The van der Waals surface area contributed by atoms with Crippen LogP contribution in [0.3, 0.4) is 0 Å². The van der Waals surface area contributed by atoms with Gasteiger partial charge in [0.15, 0.2) is 17.5 Å². The first kappa shape index (κ1) is 18.4. The molecule has 0 bridgehead atoms. The Balaban J connectivity index is 2.10. The highest BCUT2D eigenvalue weighted by Gasteiger charge is 2.20. The average molecular weight is 351 g/mol. The molecule has 0 aliphatic heterocycles. The van der Waals surface area contributed by atoms with Gasteiger partial charge < -0.3 is 10.2 Å². The lowest BCUT2D eigenvalue weighted by molar-refractivity contribution is -0.116. The van der Waals surface area contributed by atoms with Gasteiger partial charge in [-0.15, -0.1) is 0 Å². The normalized spacial score (nSPS) is 10.4. The van der Waals surface area contributed by atoms with Crippen molar-refractivity contribution in [1.82, 2.24) is 9.88 Å². The summed E-state index contributed by atoms with van der Waals surface area (Å²) in [6, 6.07) is 4.65. The summed E-state index contributed by atoms with van der Waals surface area (Å²) in [4.78, 5) is 29.6. The number of aromatic nitrogens is 1. The van der Waals surface area contributed by atoms with Crippen LogP contribution in [0, 0.1) is 17.5 Å². The van der Waals surface area contributed by atoms with Crippen molar-refractivity contribution < 1.29 is 22.8 Å². The minimum absolute atomic E-state index is 0.300. The van der Waals surface area contributed by atoms with Crippen LogP contribution in [0.25, 0.3) is 0 Å². The lowest BCUT2D eigenvalue weighted by atomic mass is 10.2. The largest absolute Gasteiger partial charge is 0.329 e. The number of rotatable bonds is 6. The topological polar surface area (TPSA) is 62.3 Å². The van der Waals surface area contributed by atoms with Gasteiger partial charge in [0.1, 0.15) is 6.54 Å². The summed E-state index contributed by atoms with van der Waals surface area (Å²) in [5.74, 6) is -5.62. The molecule has 0 fully saturated rings. The fourth-order valence-corrected chi connectivity index (χ4v) is 2.18. The van der Waals surface area contributed by atoms with Crippen LogP contribution < -0.4 is 5.32 Å². The lowest BCUT2D eigenvalue weighted by Gasteiger charge is -2.21. The minimum atomic E-state index is -1.67. The molecule has 132 valence electrons. The zero-order chi connectivity index (χ0) is 18.4. The predicted molar refractivity (Wildman–Crippen MR) is 85.4 cm³/mol. The Labute approximate surface area is 142 Å². The number of benzene rings is 1. The molecule has 5 nitrogen and oxygen atoms in total. The molecule has 0 atom stereocenters. The van der Waals surface area contributed by atoms with Gasteiger partial charge in [-0.05, 0) is 30.7 Å². The summed E-state index contributed by atoms with van der Waals surface area (Å²) in [5, 5.41) is 2.15. The van der Waals surface area contributed by atoms with Crippen molar-refractivity contribution in [2.75, 3.05) is 18.4 Å². The fourth-order valence-electron chi connectivity index (χ4n) is 2.18. The van der Waals surface area contributed by atoms with Crippen LogP contribution in [0.5, 0.6) is 0 Å². The molecule has 8 heteroatoms. The summed E-state index contributed by atoms with van der Waals surface area (Å²) in [6.45, 7) is 1.78. The van der Waals surface area contributed by atoms with E-state index in [2.05, 4.69) is 10.3 Å². The molecular formula is C17H16F3N3O2. The molecule has 0 aliphatic rings. The van der Waals surface area contributed by atoms with E-state index in [9.17, 15) is 22.8 Å². The molecule has 1 aromatic carbocycles. The third-order valence-corrected chi connectivity index (χ3v) is 3.35. The molecule has 0 saturated carbocycles. The summed E-state index contributed by atoms with van der Waals surface area (Å²) in [6.07, 6.45) is 3.51. The Morgan fingerprint density at radius 3 is 2.40 bits per heavy atom. The number of anilines is 1. The summed E-state index contributed by atoms with van der Waals surface area (Å²) >= 11 is 0. The van der Waals surface area contributed by atoms with E-state index in [1.165, 1.54) is 29.4 Å². The molecule has 0 saturated heterocycles. The number of carbonyl (C=O) groups is 2. The van der Waals surface area contributed by atoms with Crippen LogP contribution in [0.1, 0.15) is 23.7 Å². The monoisotopic (exact) mass is 351 g/mol. The molecule has 2 aromatic rings. The maximum atomic E-state index is 13.6. The first-order valence-electron chi connectivity index (χ1n) is 7.56. The van der Waals surface area contributed by atoms with Gasteiger partial charge in [0.25, 0.3) is 5.91 Å². The third kappa shape index (κ3) is 4.56. The maximum Gasteiger partial charge on any atom is 0.254 e. The Morgan fingerprint density at radius 1 is 1.08 bits per heavy atom. The van der Waals surface area contributed by atoms with Crippen molar-refractivity contribution in [3.05, 3.63) is 59.7 Å². The van der Waals surface area contributed by atoms with Gasteiger partial charge in [0.2, 0.25) is 5.91 Å². The van der Waals surface area contributed by atoms with Crippen molar-refractivity contribution in [3.63, 3.8) is 0 Å². The number of nitrogens with one attached hydrogen (secondary N) is 1. The Kier molecular flexibility index (Phi) is 6.10. The second-order valence-electron chi connectivity index (χ2n) is 5.23. The molecule has 1 aromatic heterocycles. The second-order valence-corrected chi connectivity index (χ2v) is 5.23. The number of pyridine rings is 1. The van der Waals surface area contributed by atoms with E-state index < -0.39 is 29.0 Å². The first-order chi connectivity index (χ1) is 11.9. The zero-order valence-corrected chi connectivity index (χ0v) is 13.4. The van der Waals surface area contributed by atoms with Crippen LogP contribution in [0.4, 0.5) is 18.9 Å². The van der Waals surface area contributed by atoms with Crippen molar-refractivity contribution in [1.29, 1.82) is 0 Å². The number of halogens is 3. The molecule has 2 amide bonds. The van der Waals surface area contributed by atoms with Crippen molar-refractivity contribution >= 4 is 17.5 Å². The van der Waals surface area contributed by atoms with Crippen molar-refractivity contribution in [2.45, 2.75) is 13.3 Å². The number of hydrogen-bond acceptors (Lipinski definition) is 3. The Bertz CT molecular complexity index is 769. The van der Waals surface area contributed by atoms with E-state index in [1.807, 2.05) is 6.92 Å². The van der Waals surface area contributed by atoms with Crippen LogP contribution in [0.15, 0.2) is 36.7 Å². The Hall–Kier alpha value is -2.90. The molecule has 2 rings (SSSR count). The van der Waals surface area contributed by atoms with Gasteiger partial charge in [-0.1, -0.05) is 6.92 Å². The standard InChI is InChI=1S/C17H16F3N3O2/c1-2-9-23(17(25)11-5-7-21-8-6-11)10-14(24)22-13-4-3-12(18)15(19)16(13)20/h3-8H,2,9-10H2,1H3,(H,22,24). The molecule has 0 unspecified atom stereocenters. The number of amides is 2. The molecular weight excluding hydrogens is 335 g/mol. The van der Waals surface area contributed by atoms with Gasteiger partial charge in [-0.3, -0.25) is 14.6 Å². The van der Waals surface area contributed by atoms with Crippen LogP contribution in [0.2, 0.25) is 0 Å². The van der Waals surface area contributed by atoms with E-state index >= 15 is 0 Å². The average Bonchev–Trinajstić information content (AvgIpc) is 2.62. The lowest BCUT2D eigenvalue weighted by Crippen LogP contribution is -2.38. The highest BCUT2D eigenvalue weighted by atomic mass is 19.2. The van der Waals surface area contributed by atoms with Crippen LogP contribution in [-0.2, 0) is 4.79 Å².